The Morgan fingerprint density at radius 1 is 1.35 bits per heavy atom. The van der Waals surface area contributed by atoms with E-state index in [4.69, 9.17) is 9.47 Å². The van der Waals surface area contributed by atoms with Crippen molar-refractivity contribution in [3.05, 3.63) is 29.8 Å². The van der Waals surface area contributed by atoms with Gasteiger partial charge in [-0.25, -0.2) is 0 Å². The second kappa shape index (κ2) is 7.07. The van der Waals surface area contributed by atoms with Gasteiger partial charge < -0.3 is 19.9 Å². The van der Waals surface area contributed by atoms with Crippen molar-refractivity contribution in [1.29, 1.82) is 0 Å². The van der Waals surface area contributed by atoms with Crippen LogP contribution in [0.15, 0.2) is 24.3 Å². The monoisotopic (exact) mass is 279 g/mol. The molecule has 1 heterocycles. The summed E-state index contributed by atoms with van der Waals surface area (Å²) in [5, 5.41) is 13.2. The number of aliphatic hydroxyl groups excluding tert-OH is 1. The van der Waals surface area contributed by atoms with Gasteiger partial charge in [0.2, 0.25) is 0 Å². The van der Waals surface area contributed by atoms with Crippen LogP contribution in [0, 0.1) is 5.41 Å². The lowest BCUT2D eigenvalue weighted by atomic mass is 9.80. The van der Waals surface area contributed by atoms with Crippen LogP contribution < -0.4 is 10.1 Å². The molecule has 0 spiro atoms. The van der Waals surface area contributed by atoms with Crippen LogP contribution in [-0.2, 0) is 4.74 Å². The lowest BCUT2D eigenvalue weighted by molar-refractivity contribution is -0.0163. The van der Waals surface area contributed by atoms with Crippen molar-refractivity contribution in [3.63, 3.8) is 0 Å². The quantitative estimate of drug-likeness (QED) is 0.837. The highest BCUT2D eigenvalue weighted by atomic mass is 16.5. The summed E-state index contributed by atoms with van der Waals surface area (Å²) in [4.78, 5) is 0. The summed E-state index contributed by atoms with van der Waals surface area (Å²) in [6, 6.07) is 8.24. The Hall–Kier alpha value is -1.10. The van der Waals surface area contributed by atoms with E-state index in [1.54, 1.807) is 7.11 Å². The first-order valence-corrected chi connectivity index (χ1v) is 7.26. The number of hydrogen-bond donors (Lipinski definition) is 2. The van der Waals surface area contributed by atoms with E-state index < -0.39 is 0 Å². The Morgan fingerprint density at radius 3 is 2.70 bits per heavy atom. The third-order valence-corrected chi connectivity index (χ3v) is 4.28. The predicted octanol–water partition coefficient (Wildman–Crippen LogP) is 2.13. The zero-order valence-corrected chi connectivity index (χ0v) is 12.4. The summed E-state index contributed by atoms with van der Waals surface area (Å²) >= 11 is 0. The fourth-order valence-corrected chi connectivity index (χ4v) is 2.70. The van der Waals surface area contributed by atoms with E-state index in [-0.39, 0.29) is 18.1 Å². The molecule has 2 N–H and O–H groups in total. The zero-order valence-electron chi connectivity index (χ0n) is 12.4. The summed E-state index contributed by atoms with van der Waals surface area (Å²) in [7, 11) is 1.69. The normalized spacial score (nSPS) is 19.6. The molecule has 0 amide bonds. The summed E-state index contributed by atoms with van der Waals surface area (Å²) in [6.45, 7) is 4.62. The number of methoxy groups -OCH3 is 1. The first-order chi connectivity index (χ1) is 9.71. The average molecular weight is 279 g/mol. The predicted molar refractivity (Wildman–Crippen MR) is 79.0 cm³/mol. The van der Waals surface area contributed by atoms with Crippen LogP contribution in [0.2, 0.25) is 0 Å². The molecule has 0 radical (unpaired) electrons. The van der Waals surface area contributed by atoms with Crippen LogP contribution >= 0.6 is 0 Å². The number of hydrogen-bond acceptors (Lipinski definition) is 4. The molecule has 1 atom stereocenters. The second-order valence-electron chi connectivity index (χ2n) is 5.62. The van der Waals surface area contributed by atoms with Crippen molar-refractivity contribution in [2.75, 3.05) is 33.5 Å². The van der Waals surface area contributed by atoms with Gasteiger partial charge in [0.25, 0.3) is 0 Å². The van der Waals surface area contributed by atoms with Crippen molar-refractivity contribution in [2.45, 2.75) is 25.8 Å². The fourth-order valence-electron chi connectivity index (χ4n) is 2.70. The van der Waals surface area contributed by atoms with E-state index >= 15 is 0 Å². The molecule has 1 aliphatic heterocycles. The average Bonchev–Trinajstić information content (AvgIpc) is 2.53. The van der Waals surface area contributed by atoms with Crippen molar-refractivity contribution in [2.24, 2.45) is 5.41 Å². The minimum absolute atomic E-state index is 0.0471. The highest BCUT2D eigenvalue weighted by Gasteiger charge is 2.32. The highest BCUT2D eigenvalue weighted by molar-refractivity contribution is 5.35. The van der Waals surface area contributed by atoms with Gasteiger partial charge in [0, 0.05) is 36.8 Å². The van der Waals surface area contributed by atoms with Crippen molar-refractivity contribution in [3.8, 4) is 5.75 Å². The van der Waals surface area contributed by atoms with Crippen molar-refractivity contribution < 1.29 is 14.6 Å². The smallest absolute Gasteiger partial charge is 0.123 e. The molecule has 4 heteroatoms. The molecular formula is C16H25NO3. The molecule has 0 bridgehead atoms. The molecule has 0 aliphatic carbocycles. The molecule has 4 nitrogen and oxygen atoms in total. The van der Waals surface area contributed by atoms with Crippen LogP contribution in [0.4, 0.5) is 0 Å². The summed E-state index contributed by atoms with van der Waals surface area (Å²) in [5.74, 6) is 0.900. The standard InChI is InChI=1S/C16H25NO3/c1-13(14-5-3-4-6-15(14)19-2)17-11-16(12-18)7-9-20-10-8-16/h3-6,13,17-18H,7-12H2,1-2H3. The molecule has 1 aromatic rings. The lowest BCUT2D eigenvalue weighted by Gasteiger charge is -2.36. The minimum Gasteiger partial charge on any atom is -0.496 e. The molecule has 112 valence electrons. The molecule has 2 rings (SSSR count). The first kappa shape index (κ1) is 15.3. The van der Waals surface area contributed by atoms with Crippen LogP contribution in [0.3, 0.4) is 0 Å². The maximum Gasteiger partial charge on any atom is 0.123 e. The molecule has 0 aromatic heterocycles. The van der Waals surface area contributed by atoms with E-state index in [0.29, 0.717) is 0 Å². The molecule has 1 unspecified atom stereocenters. The number of para-hydroxylation sites is 1. The topological polar surface area (TPSA) is 50.7 Å². The van der Waals surface area contributed by atoms with E-state index in [2.05, 4.69) is 18.3 Å². The summed E-state index contributed by atoms with van der Waals surface area (Å²) < 4.78 is 10.8. The van der Waals surface area contributed by atoms with Crippen LogP contribution in [-0.4, -0.2) is 38.6 Å². The van der Waals surface area contributed by atoms with Crippen molar-refractivity contribution >= 4 is 0 Å². The lowest BCUT2D eigenvalue weighted by Crippen LogP contribution is -2.42. The number of ether oxygens (including phenoxy) is 2. The highest BCUT2D eigenvalue weighted by Crippen LogP contribution is 2.31. The Kier molecular flexibility index (Phi) is 5.40. The van der Waals surface area contributed by atoms with Crippen LogP contribution in [0.1, 0.15) is 31.4 Å². The molecule has 20 heavy (non-hydrogen) atoms. The van der Waals surface area contributed by atoms with Gasteiger partial charge in [0.1, 0.15) is 5.75 Å². The number of benzene rings is 1. The van der Waals surface area contributed by atoms with Crippen molar-refractivity contribution in [1.82, 2.24) is 5.32 Å². The molecule has 1 aliphatic rings. The molecule has 1 saturated heterocycles. The van der Waals surface area contributed by atoms with Gasteiger partial charge in [0.05, 0.1) is 13.7 Å². The van der Waals surface area contributed by atoms with E-state index in [1.165, 1.54) is 0 Å². The Balaban J connectivity index is 1.98. The van der Waals surface area contributed by atoms with Gasteiger partial charge in [0.15, 0.2) is 0 Å². The first-order valence-electron chi connectivity index (χ1n) is 7.26. The summed E-state index contributed by atoms with van der Waals surface area (Å²) in [5.41, 5.74) is 1.10. The van der Waals surface area contributed by atoms with Gasteiger partial charge in [-0.2, -0.15) is 0 Å². The SMILES string of the molecule is COc1ccccc1C(C)NCC1(CO)CCOCC1. The zero-order chi connectivity index (χ0) is 14.4. The van der Waals surface area contributed by atoms with Gasteiger partial charge in [-0.3, -0.25) is 0 Å². The van der Waals surface area contributed by atoms with Gasteiger partial charge in [-0.1, -0.05) is 18.2 Å². The fraction of sp³-hybridized carbons (Fsp3) is 0.625. The maximum absolute atomic E-state index is 9.71. The van der Waals surface area contributed by atoms with E-state index in [0.717, 1.165) is 43.9 Å². The van der Waals surface area contributed by atoms with Gasteiger partial charge >= 0.3 is 0 Å². The maximum atomic E-state index is 9.71. The van der Waals surface area contributed by atoms with Gasteiger partial charge in [-0.15, -0.1) is 0 Å². The summed E-state index contributed by atoms with van der Waals surface area (Å²) in [6.07, 6.45) is 1.82. The van der Waals surface area contributed by atoms with Crippen LogP contribution in [0.5, 0.6) is 5.75 Å². The second-order valence-corrected chi connectivity index (χ2v) is 5.62. The number of nitrogens with one attached hydrogen (secondary N) is 1. The third-order valence-electron chi connectivity index (χ3n) is 4.28. The molecular weight excluding hydrogens is 254 g/mol. The molecule has 0 saturated carbocycles. The van der Waals surface area contributed by atoms with E-state index in [1.807, 2.05) is 18.2 Å². The van der Waals surface area contributed by atoms with E-state index in [9.17, 15) is 5.11 Å². The van der Waals surface area contributed by atoms with Crippen LogP contribution in [0.25, 0.3) is 0 Å². The number of rotatable bonds is 6. The van der Waals surface area contributed by atoms with Gasteiger partial charge in [-0.05, 0) is 25.8 Å². The Labute approximate surface area is 121 Å². The number of aliphatic hydroxyl groups is 1. The Morgan fingerprint density at radius 2 is 2.05 bits per heavy atom. The molecule has 1 fully saturated rings. The minimum atomic E-state index is -0.0471. The third kappa shape index (κ3) is 3.51. The molecule has 1 aromatic carbocycles. The Bertz CT molecular complexity index is 416. The largest absolute Gasteiger partial charge is 0.496 e.